The Balaban J connectivity index is 1.72. The number of fused-ring (bicyclic) bond motifs is 9. The first-order valence-electron chi connectivity index (χ1n) is 9.01. The van der Waals surface area contributed by atoms with E-state index in [9.17, 15) is 0 Å². The summed E-state index contributed by atoms with van der Waals surface area (Å²) in [4.78, 5) is 0. The van der Waals surface area contributed by atoms with Crippen LogP contribution < -0.4 is 0 Å². The molecule has 0 heteroatoms. The highest BCUT2D eigenvalue weighted by atomic mass is 14.7. The van der Waals surface area contributed by atoms with Crippen molar-refractivity contribution < 1.29 is 0 Å². The molecule has 2 fully saturated rings. The number of rotatable bonds is 0. The lowest BCUT2D eigenvalue weighted by atomic mass is 9.63. The lowest BCUT2D eigenvalue weighted by Crippen LogP contribution is -2.33. The lowest BCUT2D eigenvalue weighted by Gasteiger charge is -2.41. The topological polar surface area (TPSA) is 0 Å². The van der Waals surface area contributed by atoms with E-state index in [0.29, 0.717) is 21.7 Å². The van der Waals surface area contributed by atoms with Crippen LogP contribution in [0.5, 0.6) is 0 Å². The first-order chi connectivity index (χ1) is 9.66. The van der Waals surface area contributed by atoms with Gasteiger partial charge in [-0.3, -0.25) is 0 Å². The van der Waals surface area contributed by atoms with Gasteiger partial charge in [-0.15, -0.1) is 0 Å². The molecule has 0 aromatic rings. The largest absolute Gasteiger partial charge is 0.0585 e. The third kappa shape index (κ3) is 0.991. The minimum atomic E-state index is 0.442. The highest BCUT2D eigenvalue weighted by Gasteiger charge is 2.69. The summed E-state index contributed by atoms with van der Waals surface area (Å²) in [7, 11) is 0. The molecule has 113 valence electrons. The number of hydrogen-bond donors (Lipinski definition) is 0. The normalized spacial score (nSPS) is 51.1. The second-order valence-corrected chi connectivity index (χ2v) is 10.1. The summed E-state index contributed by atoms with van der Waals surface area (Å²) in [5.41, 5.74) is 9.04. The molecular weight excluding hydrogens is 252 g/mol. The average molecular weight is 281 g/mol. The molecule has 4 bridgehead atoms. The van der Waals surface area contributed by atoms with Crippen molar-refractivity contribution in [2.24, 2.45) is 33.5 Å². The van der Waals surface area contributed by atoms with E-state index in [1.54, 1.807) is 11.1 Å². The number of allylic oxidation sites excluding steroid dienone is 4. The van der Waals surface area contributed by atoms with Crippen molar-refractivity contribution in [3.8, 4) is 0 Å². The lowest BCUT2D eigenvalue weighted by molar-refractivity contribution is 0.166. The summed E-state index contributed by atoms with van der Waals surface area (Å²) in [6, 6.07) is 0. The molecule has 0 aromatic carbocycles. The van der Waals surface area contributed by atoms with Gasteiger partial charge in [-0.05, 0) is 70.3 Å². The number of hydrogen-bond acceptors (Lipinski definition) is 0. The first-order valence-corrected chi connectivity index (χ1v) is 9.01. The zero-order valence-electron chi connectivity index (χ0n) is 14.6. The van der Waals surface area contributed by atoms with Gasteiger partial charge in [-0.2, -0.15) is 0 Å². The van der Waals surface area contributed by atoms with Crippen LogP contribution in [0.2, 0.25) is 0 Å². The second kappa shape index (κ2) is 3.08. The molecule has 0 N–H and O–H groups in total. The Bertz CT molecular complexity index is 585. The summed E-state index contributed by atoms with van der Waals surface area (Å²) >= 11 is 0. The fourth-order valence-corrected chi connectivity index (χ4v) is 7.23. The monoisotopic (exact) mass is 281 g/mol. The van der Waals surface area contributed by atoms with E-state index in [2.05, 4.69) is 48.0 Å². The Morgan fingerprint density at radius 1 is 0.714 bits per heavy atom. The van der Waals surface area contributed by atoms with Gasteiger partial charge in [0, 0.05) is 6.42 Å². The molecule has 0 aromatic heterocycles. The summed E-state index contributed by atoms with van der Waals surface area (Å²) in [6.45, 7) is 15.3. The van der Waals surface area contributed by atoms with Crippen molar-refractivity contribution in [2.45, 2.75) is 67.2 Å². The fraction of sp³-hybridized carbons (Fsp3) is 0.762. The van der Waals surface area contributed by atoms with Crippen LogP contribution in [-0.4, -0.2) is 0 Å². The molecule has 21 heavy (non-hydrogen) atoms. The second-order valence-electron chi connectivity index (χ2n) is 10.1. The maximum atomic E-state index is 2.69. The zero-order chi connectivity index (χ0) is 15.0. The summed E-state index contributed by atoms with van der Waals surface area (Å²) in [6.07, 6.45) is 8.36. The summed E-state index contributed by atoms with van der Waals surface area (Å²) in [5.74, 6) is 1.67. The Labute approximate surface area is 130 Å². The molecule has 5 rings (SSSR count). The van der Waals surface area contributed by atoms with Crippen molar-refractivity contribution >= 4 is 0 Å². The average Bonchev–Trinajstić information content (AvgIpc) is 3.03. The molecule has 5 aliphatic carbocycles. The van der Waals surface area contributed by atoms with Gasteiger partial charge in [0.15, 0.2) is 0 Å². The molecule has 0 spiro atoms. The fourth-order valence-electron chi connectivity index (χ4n) is 7.23. The minimum Gasteiger partial charge on any atom is -0.0585 e. The van der Waals surface area contributed by atoms with Gasteiger partial charge in [0.25, 0.3) is 0 Å². The standard InChI is InChI=1S/C21H29/c1-18(2)12-7-9-20(18,5)14-11-15-17(16(12)14)13-8-10-21(15,6)19(13,3)4/h11-13H,7-10H2,1-6H3. The van der Waals surface area contributed by atoms with E-state index in [-0.39, 0.29) is 0 Å². The Hall–Kier alpha value is -0.520. The van der Waals surface area contributed by atoms with Crippen LogP contribution >= 0.6 is 0 Å². The maximum absolute atomic E-state index is 2.69. The highest BCUT2D eigenvalue weighted by Crippen LogP contribution is 2.79. The molecule has 4 unspecified atom stereocenters. The van der Waals surface area contributed by atoms with E-state index in [1.165, 1.54) is 25.7 Å². The molecular formula is C21H29. The van der Waals surface area contributed by atoms with Crippen molar-refractivity contribution in [1.82, 2.24) is 0 Å². The van der Waals surface area contributed by atoms with Crippen molar-refractivity contribution in [3.63, 3.8) is 0 Å². The molecule has 0 aliphatic heterocycles. The smallest absolute Gasteiger partial charge is 0.0134 e. The quantitative estimate of drug-likeness (QED) is 0.533. The van der Waals surface area contributed by atoms with E-state index in [0.717, 1.165) is 11.8 Å². The van der Waals surface area contributed by atoms with E-state index >= 15 is 0 Å². The SMILES string of the molecule is CC12CCC(C3=C1[CH]C1=C3C3CCC1(C)C3(C)C)C2(C)C. The molecule has 0 nitrogen and oxygen atoms in total. The van der Waals surface area contributed by atoms with Gasteiger partial charge in [-0.1, -0.05) is 52.7 Å². The Morgan fingerprint density at radius 3 is 1.48 bits per heavy atom. The van der Waals surface area contributed by atoms with Crippen LogP contribution in [0.15, 0.2) is 22.3 Å². The highest BCUT2D eigenvalue weighted by molar-refractivity contribution is 5.69. The molecule has 4 atom stereocenters. The zero-order valence-corrected chi connectivity index (χ0v) is 14.6. The van der Waals surface area contributed by atoms with Gasteiger partial charge in [-0.25, -0.2) is 0 Å². The van der Waals surface area contributed by atoms with Crippen LogP contribution in [-0.2, 0) is 0 Å². The van der Waals surface area contributed by atoms with Crippen LogP contribution in [0.25, 0.3) is 0 Å². The third-order valence-electron chi connectivity index (χ3n) is 9.50. The molecule has 1 radical (unpaired) electrons. The predicted octanol–water partition coefficient (Wildman–Crippen LogP) is 5.71. The molecule has 5 aliphatic rings. The molecule has 2 saturated carbocycles. The van der Waals surface area contributed by atoms with Crippen molar-refractivity contribution in [3.05, 3.63) is 28.7 Å². The summed E-state index contributed by atoms with van der Waals surface area (Å²) < 4.78 is 0. The van der Waals surface area contributed by atoms with E-state index in [1.807, 2.05) is 11.1 Å². The van der Waals surface area contributed by atoms with Crippen LogP contribution in [0.4, 0.5) is 0 Å². The third-order valence-corrected chi connectivity index (χ3v) is 9.50. The Morgan fingerprint density at radius 2 is 1.10 bits per heavy atom. The summed E-state index contributed by atoms with van der Waals surface area (Å²) in [5, 5.41) is 0. The Kier molecular flexibility index (Phi) is 1.90. The molecule has 0 saturated heterocycles. The van der Waals surface area contributed by atoms with Gasteiger partial charge in [0.05, 0.1) is 0 Å². The minimum absolute atomic E-state index is 0.442. The van der Waals surface area contributed by atoms with Gasteiger partial charge >= 0.3 is 0 Å². The van der Waals surface area contributed by atoms with Crippen molar-refractivity contribution in [2.75, 3.05) is 0 Å². The van der Waals surface area contributed by atoms with E-state index < -0.39 is 0 Å². The maximum Gasteiger partial charge on any atom is 0.0134 e. The van der Waals surface area contributed by atoms with Gasteiger partial charge < -0.3 is 0 Å². The van der Waals surface area contributed by atoms with Crippen LogP contribution in [0.3, 0.4) is 0 Å². The molecule has 0 heterocycles. The predicted molar refractivity (Wildman–Crippen MR) is 87.6 cm³/mol. The van der Waals surface area contributed by atoms with Crippen LogP contribution in [0, 0.1) is 39.9 Å². The molecule has 0 amide bonds. The van der Waals surface area contributed by atoms with Gasteiger partial charge in [0.1, 0.15) is 0 Å². The van der Waals surface area contributed by atoms with Crippen molar-refractivity contribution in [1.29, 1.82) is 0 Å². The van der Waals surface area contributed by atoms with Crippen LogP contribution in [0.1, 0.15) is 67.2 Å². The van der Waals surface area contributed by atoms with Gasteiger partial charge in [0.2, 0.25) is 0 Å². The van der Waals surface area contributed by atoms with E-state index in [4.69, 9.17) is 0 Å². The first kappa shape index (κ1) is 13.0.